The molecule has 0 unspecified atom stereocenters. The number of nitrogens with zero attached hydrogens (tertiary/aromatic N) is 2. The Labute approximate surface area is 234 Å². The predicted molar refractivity (Wildman–Crippen MR) is 152 cm³/mol. The third-order valence-electron chi connectivity index (χ3n) is 6.14. The molecule has 38 heavy (non-hydrogen) atoms. The molecule has 0 fully saturated rings. The molecule has 0 heterocycles. The van der Waals surface area contributed by atoms with Crippen LogP contribution in [0.2, 0.25) is 10.0 Å². The Morgan fingerprint density at radius 2 is 1.58 bits per heavy atom. The maximum absolute atomic E-state index is 13.9. The molecule has 0 aliphatic rings. The number of carbonyl (C=O) groups excluding carboxylic acids is 2. The van der Waals surface area contributed by atoms with Crippen LogP contribution in [0.25, 0.3) is 0 Å². The molecule has 0 saturated heterocycles. The fourth-order valence-corrected chi connectivity index (χ4v) is 5.72. The number of carbonyl (C=O) groups is 2. The molecule has 0 aliphatic carbocycles. The van der Waals surface area contributed by atoms with Gasteiger partial charge in [-0.3, -0.25) is 13.9 Å². The predicted octanol–water partition coefficient (Wildman–Crippen LogP) is 5.52. The third kappa shape index (κ3) is 7.28. The Kier molecular flexibility index (Phi) is 10.2. The summed E-state index contributed by atoms with van der Waals surface area (Å²) in [6, 6.07) is 20.2. The lowest BCUT2D eigenvalue weighted by atomic mass is 10.1. The Morgan fingerprint density at radius 3 is 2.21 bits per heavy atom. The third-order valence-corrected chi connectivity index (χ3v) is 8.47. The van der Waals surface area contributed by atoms with E-state index in [0.717, 1.165) is 10.7 Å². The van der Waals surface area contributed by atoms with Gasteiger partial charge in [0.2, 0.25) is 11.8 Å². The van der Waals surface area contributed by atoms with Crippen LogP contribution in [0.1, 0.15) is 32.8 Å². The standard InChI is InChI=1S/C28H31Cl2N3O4S/c1-4-20(2)31-28(35)21(3)32(18-22-11-10-12-23(29)17-22)27(34)19-33(26-16-9-8-15-25(26)30)38(36,37)24-13-6-5-7-14-24/h5-17,20-21H,4,18-19H2,1-3H3,(H,31,35)/t20-,21-/m1/s1. The van der Waals surface area contributed by atoms with Gasteiger partial charge in [0.05, 0.1) is 15.6 Å². The number of benzene rings is 3. The summed E-state index contributed by atoms with van der Waals surface area (Å²) in [5.74, 6) is -0.916. The minimum Gasteiger partial charge on any atom is -0.352 e. The van der Waals surface area contributed by atoms with Crippen molar-refractivity contribution in [3.63, 3.8) is 0 Å². The van der Waals surface area contributed by atoms with E-state index < -0.39 is 28.5 Å². The summed E-state index contributed by atoms with van der Waals surface area (Å²) in [5.41, 5.74) is 0.857. The van der Waals surface area contributed by atoms with Crippen molar-refractivity contribution in [2.24, 2.45) is 0 Å². The summed E-state index contributed by atoms with van der Waals surface area (Å²) in [4.78, 5) is 28.3. The van der Waals surface area contributed by atoms with Gasteiger partial charge in [0, 0.05) is 17.6 Å². The quantitative estimate of drug-likeness (QED) is 0.326. The highest BCUT2D eigenvalue weighted by Crippen LogP contribution is 2.30. The largest absolute Gasteiger partial charge is 0.352 e. The lowest BCUT2D eigenvalue weighted by Gasteiger charge is -2.32. The molecule has 3 aromatic rings. The van der Waals surface area contributed by atoms with Crippen LogP contribution in [0, 0.1) is 0 Å². The van der Waals surface area contributed by atoms with E-state index in [2.05, 4.69) is 5.32 Å². The molecular formula is C28H31Cl2N3O4S. The van der Waals surface area contributed by atoms with Crippen LogP contribution in [-0.4, -0.2) is 43.8 Å². The van der Waals surface area contributed by atoms with Gasteiger partial charge in [0.1, 0.15) is 12.6 Å². The van der Waals surface area contributed by atoms with Crippen LogP contribution in [0.15, 0.2) is 83.8 Å². The summed E-state index contributed by atoms with van der Waals surface area (Å²) in [5, 5.41) is 3.55. The van der Waals surface area contributed by atoms with E-state index >= 15 is 0 Å². The van der Waals surface area contributed by atoms with E-state index in [1.165, 1.54) is 23.1 Å². The summed E-state index contributed by atoms with van der Waals surface area (Å²) in [6.45, 7) is 4.92. The number of nitrogens with one attached hydrogen (secondary N) is 1. The molecular weight excluding hydrogens is 545 g/mol. The molecule has 0 spiro atoms. The minimum absolute atomic E-state index is 0.0108. The van der Waals surface area contributed by atoms with E-state index in [0.29, 0.717) is 10.6 Å². The van der Waals surface area contributed by atoms with Gasteiger partial charge in [-0.2, -0.15) is 0 Å². The monoisotopic (exact) mass is 575 g/mol. The second kappa shape index (κ2) is 13.1. The van der Waals surface area contributed by atoms with Crippen molar-refractivity contribution >= 4 is 50.7 Å². The van der Waals surface area contributed by atoms with Gasteiger partial charge in [-0.1, -0.05) is 72.6 Å². The van der Waals surface area contributed by atoms with Crippen LogP contribution in [0.4, 0.5) is 5.69 Å². The maximum atomic E-state index is 13.9. The van der Waals surface area contributed by atoms with Crippen LogP contribution < -0.4 is 9.62 Å². The number of amides is 2. The van der Waals surface area contributed by atoms with Crippen molar-refractivity contribution < 1.29 is 18.0 Å². The first-order valence-electron chi connectivity index (χ1n) is 12.2. The van der Waals surface area contributed by atoms with Crippen molar-refractivity contribution in [3.05, 3.63) is 94.5 Å². The summed E-state index contributed by atoms with van der Waals surface area (Å²) in [6.07, 6.45) is 0.719. The van der Waals surface area contributed by atoms with Gasteiger partial charge in [0.15, 0.2) is 0 Å². The zero-order chi connectivity index (χ0) is 27.9. The smallest absolute Gasteiger partial charge is 0.264 e. The van der Waals surface area contributed by atoms with Gasteiger partial charge in [-0.25, -0.2) is 8.42 Å². The van der Waals surface area contributed by atoms with Gasteiger partial charge < -0.3 is 10.2 Å². The highest BCUT2D eigenvalue weighted by atomic mass is 35.5. The lowest BCUT2D eigenvalue weighted by molar-refractivity contribution is -0.139. The molecule has 0 bridgehead atoms. The molecule has 10 heteroatoms. The van der Waals surface area contributed by atoms with Crippen molar-refractivity contribution in [1.82, 2.24) is 10.2 Å². The second-order valence-corrected chi connectivity index (χ2v) is 11.6. The zero-order valence-corrected chi connectivity index (χ0v) is 23.8. The minimum atomic E-state index is -4.17. The number of rotatable bonds is 11. The number of halogens is 2. The SMILES string of the molecule is CC[C@@H](C)NC(=O)[C@@H](C)N(Cc1cccc(Cl)c1)C(=O)CN(c1ccccc1Cl)S(=O)(=O)c1ccccc1. The maximum Gasteiger partial charge on any atom is 0.264 e. The van der Waals surface area contributed by atoms with Gasteiger partial charge in [-0.05, 0) is 62.2 Å². The molecule has 7 nitrogen and oxygen atoms in total. The van der Waals surface area contributed by atoms with Gasteiger partial charge >= 0.3 is 0 Å². The Morgan fingerprint density at radius 1 is 0.921 bits per heavy atom. The number of hydrogen-bond acceptors (Lipinski definition) is 4. The summed E-state index contributed by atoms with van der Waals surface area (Å²) < 4.78 is 28.5. The molecule has 1 N–H and O–H groups in total. The molecule has 0 aromatic heterocycles. The van der Waals surface area contributed by atoms with Crippen LogP contribution in [-0.2, 0) is 26.2 Å². The van der Waals surface area contributed by atoms with Gasteiger partial charge in [-0.15, -0.1) is 0 Å². The highest BCUT2D eigenvalue weighted by molar-refractivity contribution is 7.92. The Bertz CT molecular complexity index is 1370. The molecule has 2 amide bonds. The average Bonchev–Trinajstić information content (AvgIpc) is 2.90. The molecule has 0 radical (unpaired) electrons. The van der Waals surface area contributed by atoms with Gasteiger partial charge in [0.25, 0.3) is 10.0 Å². The van der Waals surface area contributed by atoms with Crippen LogP contribution in [0.5, 0.6) is 0 Å². The average molecular weight is 577 g/mol. The number of sulfonamides is 1. The number of hydrogen-bond donors (Lipinski definition) is 1. The topological polar surface area (TPSA) is 86.8 Å². The molecule has 3 aromatic carbocycles. The van der Waals surface area contributed by atoms with E-state index in [1.807, 2.05) is 13.8 Å². The van der Waals surface area contributed by atoms with Crippen LogP contribution >= 0.6 is 23.2 Å². The molecule has 3 rings (SSSR count). The van der Waals surface area contributed by atoms with Crippen molar-refractivity contribution in [3.8, 4) is 0 Å². The molecule has 0 saturated carbocycles. The van der Waals surface area contributed by atoms with Crippen molar-refractivity contribution in [1.29, 1.82) is 0 Å². The first kappa shape index (κ1) is 29.5. The zero-order valence-electron chi connectivity index (χ0n) is 21.5. The van der Waals surface area contributed by atoms with Crippen LogP contribution in [0.3, 0.4) is 0 Å². The Hall–Kier alpha value is -3.07. The Balaban J connectivity index is 2.03. The van der Waals surface area contributed by atoms with E-state index in [9.17, 15) is 18.0 Å². The molecule has 0 aliphatic heterocycles. The molecule has 2 atom stereocenters. The number of anilines is 1. The summed E-state index contributed by atoms with van der Waals surface area (Å²) in [7, 11) is -4.17. The fraction of sp³-hybridized carbons (Fsp3) is 0.286. The highest BCUT2D eigenvalue weighted by Gasteiger charge is 2.33. The normalized spacial score (nSPS) is 12.9. The van der Waals surface area contributed by atoms with Crippen molar-refractivity contribution in [2.75, 3.05) is 10.8 Å². The van der Waals surface area contributed by atoms with E-state index in [4.69, 9.17) is 23.2 Å². The first-order valence-corrected chi connectivity index (χ1v) is 14.4. The van der Waals surface area contributed by atoms with Crippen molar-refractivity contribution in [2.45, 2.75) is 50.7 Å². The van der Waals surface area contributed by atoms with E-state index in [1.54, 1.807) is 67.6 Å². The second-order valence-electron chi connectivity index (χ2n) is 8.92. The summed E-state index contributed by atoms with van der Waals surface area (Å²) >= 11 is 12.6. The fourth-order valence-electron chi connectivity index (χ4n) is 3.77. The lowest BCUT2D eigenvalue weighted by Crippen LogP contribution is -2.52. The van der Waals surface area contributed by atoms with E-state index in [-0.39, 0.29) is 34.1 Å². The number of para-hydroxylation sites is 1. The molecule has 202 valence electrons. The first-order chi connectivity index (χ1) is 18.0.